The topological polar surface area (TPSA) is 50.4 Å². The van der Waals surface area contributed by atoms with Crippen molar-refractivity contribution in [2.24, 2.45) is 11.8 Å². The van der Waals surface area contributed by atoms with Crippen LogP contribution in [0.2, 0.25) is 0 Å². The van der Waals surface area contributed by atoms with Gasteiger partial charge < -0.3 is 15.4 Å². The molecule has 4 heteroatoms. The lowest BCUT2D eigenvalue weighted by molar-refractivity contribution is -0.122. The maximum absolute atomic E-state index is 12.5. The molecule has 1 aromatic rings. The summed E-state index contributed by atoms with van der Waals surface area (Å²) in [4.78, 5) is 12.5. The molecule has 1 aliphatic rings. The number of carbonyl (C=O) groups excluding carboxylic acids is 1. The number of para-hydroxylation sites is 1. The van der Waals surface area contributed by atoms with E-state index < -0.39 is 0 Å². The highest BCUT2D eigenvalue weighted by atomic mass is 16.5. The largest absolute Gasteiger partial charge is 0.496 e. The van der Waals surface area contributed by atoms with Gasteiger partial charge in [0.1, 0.15) is 5.75 Å². The van der Waals surface area contributed by atoms with Gasteiger partial charge in [-0.3, -0.25) is 4.79 Å². The molecule has 134 valence electrons. The van der Waals surface area contributed by atoms with Crippen LogP contribution in [0.5, 0.6) is 5.75 Å². The minimum absolute atomic E-state index is 0.0154. The van der Waals surface area contributed by atoms with Crippen molar-refractivity contribution in [1.82, 2.24) is 10.6 Å². The molecular formula is C20H32N2O2. The Labute approximate surface area is 146 Å². The molecule has 1 saturated heterocycles. The highest BCUT2D eigenvalue weighted by Crippen LogP contribution is 2.29. The number of rotatable bonds is 8. The van der Waals surface area contributed by atoms with Gasteiger partial charge in [0.05, 0.1) is 13.2 Å². The van der Waals surface area contributed by atoms with Crippen molar-refractivity contribution in [3.8, 4) is 5.75 Å². The van der Waals surface area contributed by atoms with E-state index in [2.05, 4.69) is 30.5 Å². The van der Waals surface area contributed by atoms with Gasteiger partial charge in [0.25, 0.3) is 0 Å². The van der Waals surface area contributed by atoms with Gasteiger partial charge in [-0.25, -0.2) is 0 Å². The number of ether oxygens (including phenoxy) is 1. The number of nitrogens with one attached hydrogen (secondary N) is 2. The van der Waals surface area contributed by atoms with Crippen LogP contribution >= 0.6 is 0 Å². The zero-order chi connectivity index (χ0) is 17.4. The summed E-state index contributed by atoms with van der Waals surface area (Å²) in [5.74, 6) is 2.20. The highest BCUT2D eigenvalue weighted by Gasteiger charge is 2.20. The SMILES string of the molecule is COc1ccccc1C(CC(C)C)NC(=O)CCC1CCNCC1. The molecule has 0 aliphatic carbocycles. The van der Waals surface area contributed by atoms with E-state index >= 15 is 0 Å². The normalized spacial score (nSPS) is 16.8. The maximum Gasteiger partial charge on any atom is 0.220 e. The van der Waals surface area contributed by atoms with Crippen molar-refractivity contribution in [2.45, 2.75) is 52.0 Å². The van der Waals surface area contributed by atoms with Crippen LogP contribution in [0, 0.1) is 11.8 Å². The minimum Gasteiger partial charge on any atom is -0.496 e. The van der Waals surface area contributed by atoms with Crippen molar-refractivity contribution in [2.75, 3.05) is 20.2 Å². The molecule has 1 unspecified atom stereocenters. The molecule has 0 spiro atoms. The van der Waals surface area contributed by atoms with Crippen molar-refractivity contribution in [1.29, 1.82) is 0 Å². The van der Waals surface area contributed by atoms with Crippen LogP contribution in [0.4, 0.5) is 0 Å². The number of benzene rings is 1. The van der Waals surface area contributed by atoms with Crippen LogP contribution in [0.25, 0.3) is 0 Å². The summed E-state index contributed by atoms with van der Waals surface area (Å²) in [6, 6.07) is 8.00. The molecule has 2 rings (SSSR count). The minimum atomic E-state index is 0.0154. The second kappa shape index (κ2) is 9.67. The van der Waals surface area contributed by atoms with Crippen molar-refractivity contribution < 1.29 is 9.53 Å². The van der Waals surface area contributed by atoms with E-state index in [1.54, 1.807) is 7.11 Å². The highest BCUT2D eigenvalue weighted by molar-refractivity contribution is 5.76. The van der Waals surface area contributed by atoms with E-state index in [9.17, 15) is 4.79 Å². The van der Waals surface area contributed by atoms with E-state index in [0.717, 1.165) is 37.2 Å². The summed E-state index contributed by atoms with van der Waals surface area (Å²) in [6.07, 6.45) is 4.91. The van der Waals surface area contributed by atoms with Gasteiger partial charge in [-0.2, -0.15) is 0 Å². The molecule has 0 bridgehead atoms. The van der Waals surface area contributed by atoms with Crippen LogP contribution in [0.15, 0.2) is 24.3 Å². The van der Waals surface area contributed by atoms with Gasteiger partial charge >= 0.3 is 0 Å². The van der Waals surface area contributed by atoms with E-state index in [1.807, 2.05) is 18.2 Å². The lowest BCUT2D eigenvalue weighted by Crippen LogP contribution is -2.31. The van der Waals surface area contributed by atoms with E-state index in [1.165, 1.54) is 12.8 Å². The number of piperidine rings is 1. The molecule has 24 heavy (non-hydrogen) atoms. The summed E-state index contributed by atoms with van der Waals surface area (Å²) >= 11 is 0. The van der Waals surface area contributed by atoms with Crippen LogP contribution in [0.1, 0.15) is 57.6 Å². The Morgan fingerprint density at radius 3 is 2.67 bits per heavy atom. The molecule has 0 radical (unpaired) electrons. The number of methoxy groups -OCH3 is 1. The molecule has 0 aromatic heterocycles. The van der Waals surface area contributed by atoms with Crippen LogP contribution in [-0.4, -0.2) is 26.1 Å². The van der Waals surface area contributed by atoms with Crippen LogP contribution < -0.4 is 15.4 Å². The first-order chi connectivity index (χ1) is 11.6. The fourth-order valence-corrected chi connectivity index (χ4v) is 3.46. The van der Waals surface area contributed by atoms with Gasteiger partial charge in [0.2, 0.25) is 5.91 Å². The number of hydrogen-bond donors (Lipinski definition) is 2. The van der Waals surface area contributed by atoms with Gasteiger partial charge in [0, 0.05) is 12.0 Å². The average Bonchev–Trinajstić information content (AvgIpc) is 2.60. The number of carbonyl (C=O) groups is 1. The van der Waals surface area contributed by atoms with Gasteiger partial charge in [-0.1, -0.05) is 32.0 Å². The Morgan fingerprint density at radius 1 is 1.29 bits per heavy atom. The Morgan fingerprint density at radius 2 is 2.00 bits per heavy atom. The molecule has 4 nitrogen and oxygen atoms in total. The van der Waals surface area contributed by atoms with Crippen LogP contribution in [0.3, 0.4) is 0 Å². The second-order valence-electron chi connectivity index (χ2n) is 7.22. The van der Waals surface area contributed by atoms with Crippen LogP contribution in [-0.2, 0) is 4.79 Å². The van der Waals surface area contributed by atoms with E-state index in [4.69, 9.17) is 4.74 Å². The second-order valence-corrected chi connectivity index (χ2v) is 7.22. The van der Waals surface area contributed by atoms with Crippen molar-refractivity contribution in [3.05, 3.63) is 29.8 Å². The molecule has 1 aromatic carbocycles. The standard InChI is InChI=1S/C20H32N2O2/c1-15(2)14-18(17-6-4-5-7-19(17)24-3)22-20(23)9-8-16-10-12-21-13-11-16/h4-7,15-16,18,21H,8-14H2,1-3H3,(H,22,23). The molecular weight excluding hydrogens is 300 g/mol. The third-order valence-electron chi connectivity index (χ3n) is 4.80. The molecule has 1 atom stereocenters. The summed E-state index contributed by atoms with van der Waals surface area (Å²) in [5.41, 5.74) is 1.07. The number of hydrogen-bond acceptors (Lipinski definition) is 3. The zero-order valence-electron chi connectivity index (χ0n) is 15.3. The Balaban J connectivity index is 1.96. The molecule has 1 aliphatic heterocycles. The molecule has 1 amide bonds. The fraction of sp³-hybridized carbons (Fsp3) is 0.650. The van der Waals surface area contributed by atoms with E-state index in [0.29, 0.717) is 18.3 Å². The maximum atomic E-state index is 12.5. The van der Waals surface area contributed by atoms with Crippen molar-refractivity contribution >= 4 is 5.91 Å². The fourth-order valence-electron chi connectivity index (χ4n) is 3.46. The predicted molar refractivity (Wildman–Crippen MR) is 98.2 cm³/mol. The molecule has 1 fully saturated rings. The zero-order valence-corrected chi connectivity index (χ0v) is 15.3. The third-order valence-corrected chi connectivity index (χ3v) is 4.80. The monoisotopic (exact) mass is 332 g/mol. The Hall–Kier alpha value is -1.55. The van der Waals surface area contributed by atoms with Gasteiger partial charge in [-0.05, 0) is 56.7 Å². The first kappa shape index (κ1) is 18.8. The number of amides is 1. The lowest BCUT2D eigenvalue weighted by Gasteiger charge is -2.25. The van der Waals surface area contributed by atoms with E-state index in [-0.39, 0.29) is 11.9 Å². The summed E-state index contributed by atoms with van der Waals surface area (Å²) in [6.45, 7) is 6.54. The average molecular weight is 332 g/mol. The summed E-state index contributed by atoms with van der Waals surface area (Å²) < 4.78 is 5.49. The molecule has 1 heterocycles. The molecule has 0 saturated carbocycles. The molecule has 2 N–H and O–H groups in total. The summed E-state index contributed by atoms with van der Waals surface area (Å²) in [5, 5.41) is 6.62. The predicted octanol–water partition coefficient (Wildman–Crippen LogP) is 3.68. The smallest absolute Gasteiger partial charge is 0.220 e. The Bertz CT molecular complexity index is 510. The first-order valence-electron chi connectivity index (χ1n) is 9.23. The quantitative estimate of drug-likeness (QED) is 0.763. The van der Waals surface area contributed by atoms with Gasteiger partial charge in [0.15, 0.2) is 0 Å². The lowest BCUT2D eigenvalue weighted by atomic mass is 9.92. The van der Waals surface area contributed by atoms with Crippen molar-refractivity contribution in [3.63, 3.8) is 0 Å². The van der Waals surface area contributed by atoms with Gasteiger partial charge in [-0.15, -0.1) is 0 Å². The first-order valence-corrected chi connectivity index (χ1v) is 9.23. The summed E-state index contributed by atoms with van der Waals surface area (Å²) in [7, 11) is 1.68. The third kappa shape index (κ3) is 5.82. The Kier molecular flexibility index (Phi) is 7.57.